The van der Waals surface area contributed by atoms with Crippen LogP contribution in [0.2, 0.25) is 0 Å². The number of amides is 2. The van der Waals surface area contributed by atoms with E-state index >= 15 is 0 Å². The molecule has 5 heteroatoms. The summed E-state index contributed by atoms with van der Waals surface area (Å²) in [5, 5.41) is 2.52. The van der Waals surface area contributed by atoms with E-state index < -0.39 is 12.1 Å². The summed E-state index contributed by atoms with van der Waals surface area (Å²) in [5.41, 5.74) is 0. The van der Waals surface area contributed by atoms with Crippen molar-refractivity contribution in [1.29, 1.82) is 0 Å². The maximum absolute atomic E-state index is 12.4. The molecule has 0 spiro atoms. The first-order valence-electron chi connectivity index (χ1n) is 6.30. The predicted molar refractivity (Wildman–Crippen MR) is 66.9 cm³/mol. The van der Waals surface area contributed by atoms with Crippen LogP contribution in [0.15, 0.2) is 12.7 Å². The van der Waals surface area contributed by atoms with Crippen molar-refractivity contribution >= 4 is 12.0 Å². The third-order valence-electron chi connectivity index (χ3n) is 4.12. The first-order chi connectivity index (χ1) is 8.51. The van der Waals surface area contributed by atoms with E-state index in [1.165, 1.54) is 7.11 Å². The van der Waals surface area contributed by atoms with Crippen molar-refractivity contribution in [3.63, 3.8) is 0 Å². The van der Waals surface area contributed by atoms with Crippen molar-refractivity contribution in [3.8, 4) is 0 Å². The molecule has 5 nitrogen and oxygen atoms in total. The maximum Gasteiger partial charge on any atom is 0.407 e. The molecule has 18 heavy (non-hydrogen) atoms. The monoisotopic (exact) mass is 252 g/mol. The summed E-state index contributed by atoms with van der Waals surface area (Å²) in [4.78, 5) is 25.4. The van der Waals surface area contributed by atoms with Crippen molar-refractivity contribution < 1.29 is 14.3 Å². The number of hydrogen-bond acceptors (Lipinski definition) is 3. The van der Waals surface area contributed by atoms with Gasteiger partial charge in [-0.2, -0.15) is 0 Å². The Bertz CT molecular complexity index is 382. The Morgan fingerprint density at radius 1 is 1.56 bits per heavy atom. The summed E-state index contributed by atoms with van der Waals surface area (Å²) in [6.45, 7) is 7.63. The second-order valence-corrected chi connectivity index (χ2v) is 5.16. The Balaban J connectivity index is 2.03. The molecule has 1 saturated heterocycles. The van der Waals surface area contributed by atoms with Gasteiger partial charge in [-0.05, 0) is 25.2 Å². The lowest BCUT2D eigenvalue weighted by atomic mass is 10.1. The molecule has 0 aromatic carbocycles. The fourth-order valence-electron chi connectivity index (χ4n) is 2.99. The van der Waals surface area contributed by atoms with E-state index in [0.29, 0.717) is 17.9 Å². The van der Waals surface area contributed by atoms with Crippen molar-refractivity contribution in [2.75, 3.05) is 7.11 Å². The van der Waals surface area contributed by atoms with Crippen LogP contribution in [-0.2, 0) is 9.53 Å². The number of carbonyl (C=O) groups excluding carboxylic acids is 2. The van der Waals surface area contributed by atoms with Gasteiger partial charge in [0.1, 0.15) is 6.04 Å². The van der Waals surface area contributed by atoms with Crippen molar-refractivity contribution in [2.45, 2.75) is 38.4 Å². The van der Waals surface area contributed by atoms with Gasteiger partial charge in [0, 0.05) is 6.04 Å². The largest absolute Gasteiger partial charge is 0.453 e. The first kappa shape index (κ1) is 12.9. The molecule has 1 heterocycles. The molecule has 5 unspecified atom stereocenters. The Morgan fingerprint density at radius 3 is 2.78 bits per heavy atom. The van der Waals surface area contributed by atoms with Gasteiger partial charge in [0.25, 0.3) is 0 Å². The van der Waals surface area contributed by atoms with E-state index in [-0.39, 0.29) is 11.9 Å². The highest BCUT2D eigenvalue weighted by molar-refractivity contribution is 5.86. The minimum absolute atomic E-state index is 0.0536. The molecule has 1 N–H and O–H groups in total. The molecule has 0 radical (unpaired) electrons. The number of nitrogens with one attached hydrogen (secondary N) is 1. The summed E-state index contributed by atoms with van der Waals surface area (Å²) in [7, 11) is 1.29. The van der Waals surface area contributed by atoms with Gasteiger partial charge < -0.3 is 15.0 Å². The molecular weight excluding hydrogens is 232 g/mol. The molecule has 2 rings (SSSR count). The highest BCUT2D eigenvalue weighted by atomic mass is 16.5. The van der Waals surface area contributed by atoms with E-state index in [9.17, 15) is 9.59 Å². The highest BCUT2D eigenvalue weighted by Crippen LogP contribution is 2.53. The predicted octanol–water partition coefficient (Wildman–Crippen LogP) is 1.15. The lowest BCUT2D eigenvalue weighted by molar-refractivity contribution is -0.134. The molecule has 2 fully saturated rings. The Morgan fingerprint density at radius 2 is 2.22 bits per heavy atom. The first-order valence-corrected chi connectivity index (χ1v) is 6.30. The van der Waals surface area contributed by atoms with Crippen LogP contribution < -0.4 is 5.32 Å². The minimum Gasteiger partial charge on any atom is -0.453 e. The Labute approximate surface area is 107 Å². The maximum atomic E-state index is 12.4. The standard InChI is InChI=1S/C13H20N2O3/c1-5-9-6-10-7(2)11(10)15(9)12(16)8(3)14-13(17)18-4/h5,7-11H,1,6H2,2-4H3,(H,14,17). The lowest BCUT2D eigenvalue weighted by Crippen LogP contribution is -2.49. The zero-order chi connectivity index (χ0) is 13.4. The number of ether oxygens (including phenoxy) is 1. The number of hydrogen-bond donors (Lipinski definition) is 1. The smallest absolute Gasteiger partial charge is 0.407 e. The number of rotatable bonds is 3. The molecule has 2 aliphatic rings. The second kappa shape index (κ2) is 4.63. The number of nitrogens with zero attached hydrogens (tertiary/aromatic N) is 1. The fourth-order valence-corrected chi connectivity index (χ4v) is 2.99. The minimum atomic E-state index is -0.578. The van der Waals surface area contributed by atoms with Crippen LogP contribution in [-0.4, -0.2) is 42.1 Å². The number of fused-ring (bicyclic) bond motifs is 1. The summed E-state index contributed by atoms with van der Waals surface area (Å²) in [6.07, 6.45) is 2.24. The molecular formula is C13H20N2O3. The quantitative estimate of drug-likeness (QED) is 0.767. The van der Waals surface area contributed by atoms with Crippen LogP contribution in [0.3, 0.4) is 0 Å². The van der Waals surface area contributed by atoms with Crippen LogP contribution in [0.5, 0.6) is 0 Å². The van der Waals surface area contributed by atoms with Gasteiger partial charge in [-0.15, -0.1) is 6.58 Å². The highest BCUT2D eigenvalue weighted by Gasteiger charge is 2.59. The topological polar surface area (TPSA) is 58.6 Å². The van der Waals surface area contributed by atoms with Gasteiger partial charge in [-0.1, -0.05) is 13.0 Å². The van der Waals surface area contributed by atoms with Crippen LogP contribution >= 0.6 is 0 Å². The fraction of sp³-hybridized carbons (Fsp3) is 0.692. The zero-order valence-electron chi connectivity index (χ0n) is 11.1. The number of likely N-dealkylation sites (tertiary alicyclic amines) is 1. The molecule has 0 aromatic heterocycles. The lowest BCUT2D eigenvalue weighted by Gasteiger charge is -2.29. The third-order valence-corrected chi connectivity index (χ3v) is 4.12. The van der Waals surface area contributed by atoms with E-state index in [1.54, 1.807) is 6.92 Å². The molecule has 5 atom stereocenters. The van der Waals surface area contributed by atoms with Gasteiger partial charge in [0.05, 0.1) is 13.2 Å². The molecule has 1 aliphatic heterocycles. The van der Waals surface area contributed by atoms with Gasteiger partial charge >= 0.3 is 6.09 Å². The normalized spacial score (nSPS) is 34.5. The van der Waals surface area contributed by atoms with Crippen molar-refractivity contribution in [2.24, 2.45) is 11.8 Å². The molecule has 0 bridgehead atoms. The van der Waals surface area contributed by atoms with Crippen LogP contribution in [0.1, 0.15) is 20.3 Å². The number of alkyl carbamates (subject to hydrolysis) is 1. The SMILES string of the molecule is C=CC1CC2C(C)C2N1C(=O)C(C)NC(=O)OC. The molecule has 1 saturated carbocycles. The third kappa shape index (κ3) is 1.98. The number of piperidine rings is 1. The van der Waals surface area contributed by atoms with Crippen molar-refractivity contribution in [3.05, 3.63) is 12.7 Å². The number of methoxy groups -OCH3 is 1. The van der Waals surface area contributed by atoms with E-state index in [0.717, 1.165) is 6.42 Å². The van der Waals surface area contributed by atoms with Crippen LogP contribution in [0.4, 0.5) is 4.79 Å². The summed E-state index contributed by atoms with van der Waals surface area (Å²) < 4.78 is 4.50. The average molecular weight is 252 g/mol. The van der Waals surface area contributed by atoms with Crippen LogP contribution in [0, 0.1) is 11.8 Å². The molecule has 1 aliphatic carbocycles. The second-order valence-electron chi connectivity index (χ2n) is 5.16. The average Bonchev–Trinajstić information content (AvgIpc) is 2.83. The summed E-state index contributed by atoms with van der Waals surface area (Å²) in [5.74, 6) is 1.11. The van der Waals surface area contributed by atoms with Gasteiger partial charge in [-0.3, -0.25) is 4.79 Å². The van der Waals surface area contributed by atoms with E-state index in [1.807, 2.05) is 11.0 Å². The Hall–Kier alpha value is -1.52. The summed E-state index contributed by atoms with van der Waals surface area (Å²) in [6, 6.07) is -0.139. The zero-order valence-corrected chi connectivity index (χ0v) is 11.1. The molecule has 0 aromatic rings. The molecule has 100 valence electrons. The van der Waals surface area contributed by atoms with E-state index in [4.69, 9.17) is 0 Å². The number of carbonyl (C=O) groups is 2. The summed E-state index contributed by atoms with van der Waals surface area (Å²) >= 11 is 0. The van der Waals surface area contributed by atoms with Gasteiger partial charge in [-0.25, -0.2) is 4.79 Å². The van der Waals surface area contributed by atoms with E-state index in [2.05, 4.69) is 23.6 Å². The van der Waals surface area contributed by atoms with Crippen LogP contribution in [0.25, 0.3) is 0 Å². The van der Waals surface area contributed by atoms with Gasteiger partial charge in [0.2, 0.25) is 5.91 Å². The van der Waals surface area contributed by atoms with Gasteiger partial charge in [0.15, 0.2) is 0 Å². The van der Waals surface area contributed by atoms with Crippen molar-refractivity contribution in [1.82, 2.24) is 10.2 Å². The Kier molecular flexibility index (Phi) is 3.32. The molecule has 2 amide bonds.